The number of methoxy groups -OCH3 is 2. The minimum atomic E-state index is -0.229. The third kappa shape index (κ3) is 6.49. The van der Waals surface area contributed by atoms with Crippen LogP contribution >= 0.6 is 0 Å². The summed E-state index contributed by atoms with van der Waals surface area (Å²) in [5, 5.41) is 0. The van der Waals surface area contributed by atoms with E-state index in [-0.39, 0.29) is 19.2 Å². The molecule has 2 aromatic rings. The number of carbonyl (C=O) groups excluding carboxylic acids is 1. The molecular weight excluding hydrogens is 348 g/mol. The van der Waals surface area contributed by atoms with Gasteiger partial charge in [0.1, 0.15) is 23.9 Å². The van der Waals surface area contributed by atoms with Crippen molar-refractivity contribution in [3.05, 3.63) is 53.6 Å². The van der Waals surface area contributed by atoms with Gasteiger partial charge < -0.3 is 23.7 Å². The lowest BCUT2D eigenvalue weighted by molar-refractivity contribution is -0.143. The molecule has 0 aromatic heterocycles. The molecule has 0 spiro atoms. The maximum absolute atomic E-state index is 11.7. The van der Waals surface area contributed by atoms with Crippen molar-refractivity contribution in [2.75, 3.05) is 27.6 Å². The van der Waals surface area contributed by atoms with E-state index in [0.29, 0.717) is 31.1 Å². The Balaban J connectivity index is 2.14. The van der Waals surface area contributed by atoms with Crippen molar-refractivity contribution in [3.8, 4) is 17.2 Å². The van der Waals surface area contributed by atoms with Gasteiger partial charge in [0, 0.05) is 25.2 Å². The molecule has 0 saturated carbocycles. The van der Waals surface area contributed by atoms with Crippen LogP contribution in [0.5, 0.6) is 17.2 Å². The number of benzene rings is 2. The first kappa shape index (κ1) is 20.6. The van der Waals surface area contributed by atoms with Gasteiger partial charge in [0.2, 0.25) is 0 Å². The molecule has 0 unspecified atom stereocenters. The maximum atomic E-state index is 11.7. The fourth-order valence-corrected chi connectivity index (χ4v) is 2.54. The molecule has 0 fully saturated rings. The van der Waals surface area contributed by atoms with Crippen molar-refractivity contribution < 1.29 is 28.5 Å². The highest BCUT2D eigenvalue weighted by Crippen LogP contribution is 2.28. The van der Waals surface area contributed by atoms with Crippen molar-refractivity contribution in [2.45, 2.75) is 26.4 Å². The fraction of sp³-hybridized carbons (Fsp3) is 0.381. The quantitative estimate of drug-likeness (QED) is 0.441. The zero-order valence-electron chi connectivity index (χ0n) is 16.0. The van der Waals surface area contributed by atoms with Crippen molar-refractivity contribution in [1.82, 2.24) is 0 Å². The van der Waals surface area contributed by atoms with Crippen molar-refractivity contribution in [2.24, 2.45) is 0 Å². The summed E-state index contributed by atoms with van der Waals surface area (Å²) < 4.78 is 26.8. The highest BCUT2D eigenvalue weighted by atomic mass is 16.7. The first-order valence-electron chi connectivity index (χ1n) is 8.82. The molecule has 27 heavy (non-hydrogen) atoms. The van der Waals surface area contributed by atoms with Gasteiger partial charge in [-0.2, -0.15) is 0 Å². The summed E-state index contributed by atoms with van der Waals surface area (Å²) in [5.41, 5.74) is 1.84. The Morgan fingerprint density at radius 3 is 2.52 bits per heavy atom. The number of aryl methyl sites for hydroxylation is 1. The van der Waals surface area contributed by atoms with Gasteiger partial charge in [0.15, 0.2) is 6.79 Å². The van der Waals surface area contributed by atoms with Crippen LogP contribution in [0.15, 0.2) is 42.5 Å². The van der Waals surface area contributed by atoms with Crippen LogP contribution in [0.3, 0.4) is 0 Å². The number of hydrogen-bond acceptors (Lipinski definition) is 6. The zero-order chi connectivity index (χ0) is 19.5. The normalized spacial score (nSPS) is 10.3. The average Bonchev–Trinajstić information content (AvgIpc) is 2.70. The van der Waals surface area contributed by atoms with Crippen LogP contribution in [-0.2, 0) is 27.3 Å². The second kappa shape index (κ2) is 11.1. The van der Waals surface area contributed by atoms with Gasteiger partial charge in [0.05, 0.1) is 13.7 Å². The zero-order valence-corrected chi connectivity index (χ0v) is 16.0. The van der Waals surface area contributed by atoms with Crippen LogP contribution in [0.1, 0.15) is 24.5 Å². The van der Waals surface area contributed by atoms with Gasteiger partial charge in [0.25, 0.3) is 0 Å². The standard InChI is InChI=1S/C21H26O6/c1-4-25-21(22)12-10-16-9-11-18(27-15-23-2)13-20(16)26-14-17-7-5-6-8-19(17)24-3/h5-9,11,13H,4,10,12,14-15H2,1-3H3. The second-order valence-corrected chi connectivity index (χ2v) is 5.73. The third-order valence-corrected chi connectivity index (χ3v) is 3.86. The molecule has 6 nitrogen and oxygen atoms in total. The van der Waals surface area contributed by atoms with E-state index < -0.39 is 0 Å². The summed E-state index contributed by atoms with van der Waals surface area (Å²) in [7, 11) is 3.19. The lowest BCUT2D eigenvalue weighted by Crippen LogP contribution is -2.07. The molecule has 0 N–H and O–H groups in total. The molecule has 0 aliphatic carbocycles. The Kier molecular flexibility index (Phi) is 8.45. The minimum Gasteiger partial charge on any atom is -0.496 e. The van der Waals surface area contributed by atoms with Crippen LogP contribution in [0.2, 0.25) is 0 Å². The molecule has 0 aliphatic rings. The van der Waals surface area contributed by atoms with E-state index in [0.717, 1.165) is 16.9 Å². The molecule has 6 heteroatoms. The molecule has 0 heterocycles. The highest BCUT2D eigenvalue weighted by molar-refractivity contribution is 5.69. The van der Waals surface area contributed by atoms with E-state index in [1.54, 1.807) is 27.2 Å². The molecular formula is C21H26O6. The third-order valence-electron chi connectivity index (χ3n) is 3.86. The number of esters is 1. The van der Waals surface area contributed by atoms with Gasteiger partial charge >= 0.3 is 5.97 Å². The number of ether oxygens (including phenoxy) is 5. The monoisotopic (exact) mass is 374 g/mol. The molecule has 0 amide bonds. The van der Waals surface area contributed by atoms with E-state index >= 15 is 0 Å². The minimum absolute atomic E-state index is 0.147. The van der Waals surface area contributed by atoms with Crippen LogP contribution in [0, 0.1) is 0 Å². The number of rotatable bonds is 11. The van der Waals surface area contributed by atoms with Crippen LogP contribution < -0.4 is 14.2 Å². The second-order valence-electron chi connectivity index (χ2n) is 5.73. The summed E-state index contributed by atoms with van der Waals surface area (Å²) in [6.45, 7) is 2.65. The fourth-order valence-electron chi connectivity index (χ4n) is 2.54. The predicted molar refractivity (Wildman–Crippen MR) is 101 cm³/mol. The van der Waals surface area contributed by atoms with Crippen molar-refractivity contribution in [1.29, 1.82) is 0 Å². The predicted octanol–water partition coefficient (Wildman–Crippen LogP) is 3.75. The van der Waals surface area contributed by atoms with Crippen LogP contribution in [-0.4, -0.2) is 33.6 Å². The van der Waals surface area contributed by atoms with Gasteiger partial charge in [-0.1, -0.05) is 24.3 Å². The van der Waals surface area contributed by atoms with Gasteiger partial charge in [-0.15, -0.1) is 0 Å². The number of para-hydroxylation sites is 1. The Morgan fingerprint density at radius 2 is 1.78 bits per heavy atom. The lowest BCUT2D eigenvalue weighted by Gasteiger charge is -2.15. The number of carbonyl (C=O) groups is 1. The lowest BCUT2D eigenvalue weighted by atomic mass is 10.1. The molecule has 0 radical (unpaired) electrons. The summed E-state index contributed by atoms with van der Waals surface area (Å²) in [6, 6.07) is 13.2. The van der Waals surface area contributed by atoms with E-state index in [1.165, 1.54) is 0 Å². The molecule has 0 saturated heterocycles. The average molecular weight is 374 g/mol. The van der Waals surface area contributed by atoms with E-state index in [1.807, 2.05) is 36.4 Å². The van der Waals surface area contributed by atoms with E-state index in [4.69, 9.17) is 23.7 Å². The molecule has 0 bridgehead atoms. The largest absolute Gasteiger partial charge is 0.496 e. The van der Waals surface area contributed by atoms with Crippen LogP contribution in [0.25, 0.3) is 0 Å². The molecule has 2 rings (SSSR count). The molecule has 0 atom stereocenters. The van der Waals surface area contributed by atoms with Gasteiger partial charge in [-0.25, -0.2) is 0 Å². The molecule has 146 valence electrons. The topological polar surface area (TPSA) is 63.2 Å². The van der Waals surface area contributed by atoms with E-state index in [9.17, 15) is 4.79 Å². The molecule has 2 aromatic carbocycles. The summed E-state index contributed by atoms with van der Waals surface area (Å²) in [4.78, 5) is 11.7. The van der Waals surface area contributed by atoms with Crippen molar-refractivity contribution >= 4 is 5.97 Å². The maximum Gasteiger partial charge on any atom is 0.306 e. The Labute approximate surface area is 160 Å². The van der Waals surface area contributed by atoms with Crippen molar-refractivity contribution in [3.63, 3.8) is 0 Å². The first-order valence-corrected chi connectivity index (χ1v) is 8.82. The van der Waals surface area contributed by atoms with E-state index in [2.05, 4.69) is 0 Å². The van der Waals surface area contributed by atoms with Crippen LogP contribution in [0.4, 0.5) is 0 Å². The summed E-state index contributed by atoms with van der Waals surface area (Å²) in [5.74, 6) is 1.82. The molecule has 0 aliphatic heterocycles. The Bertz CT molecular complexity index is 728. The summed E-state index contributed by atoms with van der Waals surface area (Å²) in [6.07, 6.45) is 0.807. The summed E-state index contributed by atoms with van der Waals surface area (Å²) >= 11 is 0. The van der Waals surface area contributed by atoms with Gasteiger partial charge in [-0.05, 0) is 31.0 Å². The Hall–Kier alpha value is -2.73. The SMILES string of the molecule is CCOC(=O)CCc1ccc(OCOC)cc1OCc1ccccc1OC. The Morgan fingerprint density at radius 1 is 0.963 bits per heavy atom. The number of hydrogen-bond donors (Lipinski definition) is 0. The highest BCUT2D eigenvalue weighted by Gasteiger charge is 2.11. The first-order chi connectivity index (χ1) is 13.2. The van der Waals surface area contributed by atoms with Gasteiger partial charge in [-0.3, -0.25) is 4.79 Å². The smallest absolute Gasteiger partial charge is 0.306 e.